The molecule has 1 aliphatic heterocycles. The standard InChI is InChI=1S/C15H20ClNO2S/c16-13-4-3-11(17)9-14(13)20(18)12-5-8-19-15(10-12)6-1-2-7-15/h3-4,9,12H,1-2,5-8,10,17H2. The third-order valence-corrected chi connectivity index (χ3v) is 6.66. The average Bonchev–Trinajstić information content (AvgIpc) is 2.88. The van der Waals surface area contributed by atoms with Gasteiger partial charge >= 0.3 is 0 Å². The van der Waals surface area contributed by atoms with Gasteiger partial charge in [-0.25, -0.2) is 0 Å². The summed E-state index contributed by atoms with van der Waals surface area (Å²) in [6.45, 7) is 0.705. The molecular weight excluding hydrogens is 294 g/mol. The quantitative estimate of drug-likeness (QED) is 0.850. The number of nitrogen functional groups attached to an aromatic ring is 1. The zero-order valence-electron chi connectivity index (χ0n) is 11.4. The van der Waals surface area contributed by atoms with E-state index in [1.165, 1.54) is 12.8 Å². The molecule has 1 aromatic carbocycles. The van der Waals surface area contributed by atoms with E-state index in [-0.39, 0.29) is 10.9 Å². The highest BCUT2D eigenvalue weighted by Crippen LogP contribution is 2.42. The van der Waals surface area contributed by atoms with E-state index in [0.717, 1.165) is 25.7 Å². The smallest absolute Gasteiger partial charge is 0.0694 e. The third kappa shape index (κ3) is 2.74. The van der Waals surface area contributed by atoms with Crippen LogP contribution in [0.4, 0.5) is 5.69 Å². The number of hydrogen-bond acceptors (Lipinski definition) is 3. The minimum absolute atomic E-state index is 0.0224. The number of ether oxygens (including phenoxy) is 1. The fourth-order valence-electron chi connectivity index (χ4n) is 3.39. The summed E-state index contributed by atoms with van der Waals surface area (Å²) in [5.74, 6) is 0. The molecular formula is C15H20ClNO2S. The Morgan fingerprint density at radius 3 is 2.85 bits per heavy atom. The Balaban J connectivity index is 1.81. The summed E-state index contributed by atoms with van der Waals surface area (Å²) < 4.78 is 18.8. The van der Waals surface area contributed by atoms with Crippen molar-refractivity contribution in [2.45, 2.75) is 54.3 Å². The fraction of sp³-hybridized carbons (Fsp3) is 0.600. The summed E-state index contributed by atoms with van der Waals surface area (Å²) in [6, 6.07) is 5.22. The Morgan fingerprint density at radius 2 is 2.10 bits per heavy atom. The van der Waals surface area contributed by atoms with Crippen molar-refractivity contribution in [3.63, 3.8) is 0 Å². The molecule has 2 atom stereocenters. The minimum Gasteiger partial charge on any atom is -0.399 e. The van der Waals surface area contributed by atoms with Gasteiger partial charge in [0.05, 0.1) is 26.3 Å². The Kier molecular flexibility index (Phi) is 4.07. The molecule has 5 heteroatoms. The van der Waals surface area contributed by atoms with Crippen molar-refractivity contribution in [2.24, 2.45) is 0 Å². The second-order valence-electron chi connectivity index (χ2n) is 5.84. The molecule has 20 heavy (non-hydrogen) atoms. The second-order valence-corrected chi connectivity index (χ2v) is 7.95. The van der Waals surface area contributed by atoms with E-state index >= 15 is 0 Å². The molecule has 110 valence electrons. The van der Waals surface area contributed by atoms with Crippen LogP contribution in [-0.2, 0) is 15.5 Å². The molecule has 1 aliphatic carbocycles. The van der Waals surface area contributed by atoms with Gasteiger partial charge in [0.15, 0.2) is 0 Å². The van der Waals surface area contributed by atoms with E-state index in [2.05, 4.69) is 0 Å². The molecule has 2 unspecified atom stereocenters. The lowest BCUT2D eigenvalue weighted by Crippen LogP contribution is -2.41. The maximum atomic E-state index is 12.8. The summed E-state index contributed by atoms with van der Waals surface area (Å²) in [4.78, 5) is 0.673. The predicted molar refractivity (Wildman–Crippen MR) is 82.4 cm³/mol. The number of rotatable bonds is 2. The Labute approximate surface area is 127 Å². The van der Waals surface area contributed by atoms with Crippen molar-refractivity contribution in [3.05, 3.63) is 23.2 Å². The number of benzene rings is 1. The molecule has 0 amide bonds. The average molecular weight is 314 g/mol. The molecule has 1 saturated carbocycles. The Hall–Kier alpha value is -0.580. The van der Waals surface area contributed by atoms with E-state index in [0.29, 0.717) is 22.2 Å². The molecule has 2 aliphatic rings. The van der Waals surface area contributed by atoms with Crippen molar-refractivity contribution < 1.29 is 8.95 Å². The van der Waals surface area contributed by atoms with Gasteiger partial charge in [-0.3, -0.25) is 4.21 Å². The van der Waals surface area contributed by atoms with Crippen LogP contribution in [-0.4, -0.2) is 21.7 Å². The van der Waals surface area contributed by atoms with Crippen LogP contribution in [0, 0.1) is 0 Å². The van der Waals surface area contributed by atoms with Crippen LogP contribution in [0.15, 0.2) is 23.1 Å². The summed E-state index contributed by atoms with van der Waals surface area (Å²) >= 11 is 6.18. The minimum atomic E-state index is -1.11. The van der Waals surface area contributed by atoms with Crippen LogP contribution in [0.3, 0.4) is 0 Å². The number of anilines is 1. The van der Waals surface area contributed by atoms with E-state index in [1.807, 2.05) is 0 Å². The zero-order valence-corrected chi connectivity index (χ0v) is 13.0. The fourth-order valence-corrected chi connectivity index (χ4v) is 5.37. The van der Waals surface area contributed by atoms with Crippen LogP contribution in [0.5, 0.6) is 0 Å². The van der Waals surface area contributed by atoms with Crippen molar-refractivity contribution >= 4 is 28.1 Å². The highest BCUT2D eigenvalue weighted by atomic mass is 35.5. The molecule has 1 heterocycles. The predicted octanol–water partition coefficient (Wildman–Crippen LogP) is 3.52. The third-order valence-electron chi connectivity index (χ3n) is 4.44. The maximum absolute atomic E-state index is 12.8. The highest BCUT2D eigenvalue weighted by Gasteiger charge is 2.42. The van der Waals surface area contributed by atoms with Crippen molar-refractivity contribution in [1.82, 2.24) is 0 Å². The van der Waals surface area contributed by atoms with Crippen LogP contribution in [0.25, 0.3) is 0 Å². The molecule has 3 rings (SSSR count). The number of nitrogens with two attached hydrogens (primary N) is 1. The van der Waals surface area contributed by atoms with Crippen LogP contribution >= 0.6 is 11.6 Å². The summed E-state index contributed by atoms with van der Waals surface area (Å²) in [5, 5.41) is 0.672. The van der Waals surface area contributed by atoms with Gasteiger partial charge in [-0.2, -0.15) is 0 Å². The van der Waals surface area contributed by atoms with Gasteiger partial charge in [-0.05, 0) is 43.9 Å². The molecule has 1 spiro atoms. The first-order chi connectivity index (χ1) is 9.60. The van der Waals surface area contributed by atoms with E-state index < -0.39 is 10.8 Å². The summed E-state index contributed by atoms with van der Waals surface area (Å²) in [6.07, 6.45) is 6.36. The van der Waals surface area contributed by atoms with Crippen LogP contribution in [0.2, 0.25) is 5.02 Å². The van der Waals surface area contributed by atoms with Gasteiger partial charge in [0.2, 0.25) is 0 Å². The van der Waals surface area contributed by atoms with Gasteiger partial charge in [0.25, 0.3) is 0 Å². The maximum Gasteiger partial charge on any atom is 0.0694 e. The molecule has 0 bridgehead atoms. The number of halogens is 1. The van der Waals surface area contributed by atoms with Crippen molar-refractivity contribution in [2.75, 3.05) is 12.3 Å². The van der Waals surface area contributed by atoms with Gasteiger partial charge < -0.3 is 10.5 Å². The summed E-state index contributed by atoms with van der Waals surface area (Å²) in [5.41, 5.74) is 6.38. The van der Waals surface area contributed by atoms with Crippen molar-refractivity contribution in [1.29, 1.82) is 0 Å². The Morgan fingerprint density at radius 1 is 1.35 bits per heavy atom. The first kappa shape index (κ1) is 14.4. The summed E-state index contributed by atoms with van der Waals surface area (Å²) in [7, 11) is -1.11. The monoisotopic (exact) mass is 313 g/mol. The topological polar surface area (TPSA) is 52.3 Å². The molecule has 0 radical (unpaired) electrons. The molecule has 2 fully saturated rings. The van der Waals surface area contributed by atoms with Gasteiger partial charge in [-0.1, -0.05) is 24.4 Å². The lowest BCUT2D eigenvalue weighted by atomic mass is 9.92. The molecule has 1 saturated heterocycles. The Bertz CT molecular complexity index is 529. The second kappa shape index (κ2) is 5.66. The largest absolute Gasteiger partial charge is 0.399 e. The van der Waals surface area contributed by atoms with Gasteiger partial charge in [0, 0.05) is 17.5 Å². The lowest BCUT2D eigenvalue weighted by molar-refractivity contribution is -0.0708. The van der Waals surface area contributed by atoms with Crippen molar-refractivity contribution in [3.8, 4) is 0 Å². The molecule has 1 aromatic rings. The van der Waals surface area contributed by atoms with Crippen LogP contribution < -0.4 is 5.73 Å². The molecule has 0 aromatic heterocycles. The van der Waals surface area contributed by atoms with E-state index in [9.17, 15) is 4.21 Å². The molecule has 3 nitrogen and oxygen atoms in total. The van der Waals surface area contributed by atoms with E-state index in [4.69, 9.17) is 22.1 Å². The molecule has 2 N–H and O–H groups in total. The lowest BCUT2D eigenvalue weighted by Gasteiger charge is -2.37. The highest BCUT2D eigenvalue weighted by molar-refractivity contribution is 7.85. The SMILES string of the molecule is Nc1ccc(Cl)c(S(=O)C2CCOC3(CCCC3)C2)c1. The van der Waals surface area contributed by atoms with E-state index in [1.54, 1.807) is 18.2 Å². The zero-order chi connectivity index (χ0) is 14.2. The first-order valence-electron chi connectivity index (χ1n) is 7.19. The normalized spacial score (nSPS) is 26.8. The van der Waals surface area contributed by atoms with Gasteiger partial charge in [-0.15, -0.1) is 0 Å². The first-order valence-corrected chi connectivity index (χ1v) is 8.78. The number of hydrogen-bond donors (Lipinski definition) is 1. The van der Waals surface area contributed by atoms with Gasteiger partial charge in [0.1, 0.15) is 0 Å². The van der Waals surface area contributed by atoms with Crippen LogP contribution in [0.1, 0.15) is 38.5 Å².